The van der Waals surface area contributed by atoms with Gasteiger partial charge in [0.1, 0.15) is 5.76 Å². The fourth-order valence-corrected chi connectivity index (χ4v) is 1.92. The van der Waals surface area contributed by atoms with Crippen molar-refractivity contribution in [3.05, 3.63) is 47.1 Å². The first kappa shape index (κ1) is 10.2. The van der Waals surface area contributed by atoms with Gasteiger partial charge in [-0.2, -0.15) is 0 Å². The molecule has 0 saturated heterocycles. The van der Waals surface area contributed by atoms with Gasteiger partial charge in [0.25, 0.3) is 0 Å². The average Bonchev–Trinajstić information content (AvgIpc) is 2.66. The van der Waals surface area contributed by atoms with Crippen molar-refractivity contribution in [1.29, 1.82) is 0 Å². The summed E-state index contributed by atoms with van der Waals surface area (Å²) in [7, 11) is 0. The molecule has 2 aromatic heterocycles. The predicted molar refractivity (Wildman–Crippen MR) is 62.7 cm³/mol. The van der Waals surface area contributed by atoms with Gasteiger partial charge in [0.05, 0.1) is 22.5 Å². The van der Waals surface area contributed by atoms with Crippen LogP contribution >= 0.6 is 15.9 Å². The van der Waals surface area contributed by atoms with Crippen LogP contribution in [-0.4, -0.2) is 4.98 Å². The summed E-state index contributed by atoms with van der Waals surface area (Å²) in [5.74, 6) is 0.888. The third-order valence-corrected chi connectivity index (χ3v) is 2.74. The summed E-state index contributed by atoms with van der Waals surface area (Å²) in [4.78, 5) is 4.04. The lowest BCUT2D eigenvalue weighted by atomic mass is 10.2. The molecule has 0 radical (unpaired) electrons. The van der Waals surface area contributed by atoms with Gasteiger partial charge in [-0.25, -0.2) is 0 Å². The number of rotatable bonds is 3. The van der Waals surface area contributed by atoms with E-state index in [4.69, 9.17) is 4.42 Å². The SMILES string of the molecule is CC(Nc1cccnc1)c1occc1Br. The van der Waals surface area contributed by atoms with E-state index >= 15 is 0 Å². The van der Waals surface area contributed by atoms with Gasteiger partial charge < -0.3 is 9.73 Å². The summed E-state index contributed by atoms with van der Waals surface area (Å²) in [5.41, 5.74) is 0.980. The highest BCUT2D eigenvalue weighted by molar-refractivity contribution is 9.10. The van der Waals surface area contributed by atoms with E-state index in [-0.39, 0.29) is 6.04 Å². The van der Waals surface area contributed by atoms with Gasteiger partial charge in [-0.05, 0) is 41.1 Å². The normalized spacial score (nSPS) is 12.4. The molecule has 2 aromatic rings. The average molecular weight is 267 g/mol. The lowest BCUT2D eigenvalue weighted by molar-refractivity contribution is 0.488. The maximum Gasteiger partial charge on any atom is 0.139 e. The van der Waals surface area contributed by atoms with Crippen LogP contribution in [0.15, 0.2) is 45.7 Å². The van der Waals surface area contributed by atoms with Crippen molar-refractivity contribution in [1.82, 2.24) is 4.98 Å². The Balaban J connectivity index is 2.11. The Hall–Kier alpha value is -1.29. The summed E-state index contributed by atoms with van der Waals surface area (Å²) in [6, 6.07) is 5.86. The first-order chi connectivity index (χ1) is 7.27. The zero-order chi connectivity index (χ0) is 10.7. The largest absolute Gasteiger partial charge is 0.466 e. The maximum absolute atomic E-state index is 5.37. The smallest absolute Gasteiger partial charge is 0.139 e. The second kappa shape index (κ2) is 4.49. The van der Waals surface area contributed by atoms with E-state index in [0.29, 0.717) is 0 Å². The van der Waals surface area contributed by atoms with E-state index in [1.54, 1.807) is 18.7 Å². The molecule has 3 nitrogen and oxygen atoms in total. The Morgan fingerprint density at radius 1 is 1.47 bits per heavy atom. The molecule has 0 bridgehead atoms. The molecule has 1 N–H and O–H groups in total. The number of halogens is 1. The van der Waals surface area contributed by atoms with Gasteiger partial charge in [0.2, 0.25) is 0 Å². The van der Waals surface area contributed by atoms with Crippen LogP contribution in [0.1, 0.15) is 18.7 Å². The van der Waals surface area contributed by atoms with Crippen molar-refractivity contribution < 1.29 is 4.42 Å². The molecule has 2 rings (SSSR count). The maximum atomic E-state index is 5.37. The number of nitrogens with zero attached hydrogens (tertiary/aromatic N) is 1. The molecule has 0 aliphatic rings. The van der Waals surface area contributed by atoms with Gasteiger partial charge in [0, 0.05) is 12.4 Å². The van der Waals surface area contributed by atoms with Crippen LogP contribution in [0, 0.1) is 0 Å². The van der Waals surface area contributed by atoms with E-state index in [0.717, 1.165) is 15.9 Å². The minimum atomic E-state index is 0.110. The molecule has 0 fully saturated rings. The van der Waals surface area contributed by atoms with Crippen molar-refractivity contribution in [2.45, 2.75) is 13.0 Å². The van der Waals surface area contributed by atoms with Crippen molar-refractivity contribution in [3.63, 3.8) is 0 Å². The Labute approximate surface area is 96.6 Å². The Bertz CT molecular complexity index is 427. The number of anilines is 1. The van der Waals surface area contributed by atoms with E-state index < -0.39 is 0 Å². The molecule has 0 saturated carbocycles. The van der Waals surface area contributed by atoms with Crippen LogP contribution in [0.2, 0.25) is 0 Å². The van der Waals surface area contributed by atoms with Crippen LogP contribution in [0.4, 0.5) is 5.69 Å². The summed E-state index contributed by atoms with van der Waals surface area (Å²) in [6.45, 7) is 2.04. The van der Waals surface area contributed by atoms with Crippen LogP contribution in [0.25, 0.3) is 0 Å². The molecule has 78 valence electrons. The lowest BCUT2D eigenvalue weighted by Crippen LogP contribution is -2.06. The molecule has 4 heteroatoms. The van der Waals surface area contributed by atoms with Crippen LogP contribution < -0.4 is 5.32 Å². The first-order valence-corrected chi connectivity index (χ1v) is 5.46. The third-order valence-electron chi connectivity index (χ3n) is 2.08. The minimum absolute atomic E-state index is 0.110. The van der Waals surface area contributed by atoms with Gasteiger partial charge >= 0.3 is 0 Å². The number of hydrogen-bond donors (Lipinski definition) is 1. The van der Waals surface area contributed by atoms with Gasteiger partial charge in [-0.15, -0.1) is 0 Å². The molecule has 2 heterocycles. The molecular weight excluding hydrogens is 256 g/mol. The third kappa shape index (κ3) is 2.39. The Morgan fingerprint density at radius 3 is 2.93 bits per heavy atom. The summed E-state index contributed by atoms with van der Waals surface area (Å²) >= 11 is 3.43. The number of furan rings is 1. The van der Waals surface area contributed by atoms with Crippen molar-refractivity contribution in [2.75, 3.05) is 5.32 Å². The van der Waals surface area contributed by atoms with Crippen LogP contribution in [0.5, 0.6) is 0 Å². The number of nitrogens with one attached hydrogen (secondary N) is 1. The van der Waals surface area contributed by atoms with Crippen molar-refractivity contribution in [2.24, 2.45) is 0 Å². The monoisotopic (exact) mass is 266 g/mol. The Morgan fingerprint density at radius 2 is 2.33 bits per heavy atom. The zero-order valence-electron chi connectivity index (χ0n) is 8.27. The first-order valence-electron chi connectivity index (χ1n) is 4.67. The second-order valence-electron chi connectivity index (χ2n) is 3.24. The van der Waals surface area contributed by atoms with E-state index in [9.17, 15) is 0 Å². The molecule has 0 aromatic carbocycles. The predicted octanol–water partition coefficient (Wildman–Crippen LogP) is 3.61. The minimum Gasteiger partial charge on any atom is -0.466 e. The highest BCUT2D eigenvalue weighted by Crippen LogP contribution is 2.26. The standard InChI is InChI=1S/C11H11BrN2O/c1-8(11-10(12)4-6-15-11)14-9-3-2-5-13-7-9/h2-8,14H,1H3. The number of hydrogen-bond acceptors (Lipinski definition) is 3. The number of aromatic nitrogens is 1. The molecular formula is C11H11BrN2O. The van der Waals surface area contributed by atoms with Gasteiger partial charge in [-0.3, -0.25) is 4.98 Å². The van der Waals surface area contributed by atoms with E-state index in [1.807, 2.05) is 25.1 Å². The summed E-state index contributed by atoms with van der Waals surface area (Å²) in [5, 5.41) is 3.30. The van der Waals surface area contributed by atoms with Crippen molar-refractivity contribution >= 4 is 21.6 Å². The number of pyridine rings is 1. The second-order valence-corrected chi connectivity index (χ2v) is 4.09. The molecule has 0 aliphatic carbocycles. The van der Waals surface area contributed by atoms with Crippen LogP contribution in [0.3, 0.4) is 0 Å². The molecule has 1 atom stereocenters. The highest BCUT2D eigenvalue weighted by Gasteiger charge is 2.12. The summed E-state index contributed by atoms with van der Waals surface area (Å²) < 4.78 is 6.35. The zero-order valence-corrected chi connectivity index (χ0v) is 9.86. The fraction of sp³-hybridized carbons (Fsp3) is 0.182. The van der Waals surface area contributed by atoms with E-state index in [1.165, 1.54) is 0 Å². The quantitative estimate of drug-likeness (QED) is 0.923. The Kier molecular flexibility index (Phi) is 3.06. The molecule has 15 heavy (non-hydrogen) atoms. The summed E-state index contributed by atoms with van der Waals surface area (Å²) in [6.07, 6.45) is 5.20. The van der Waals surface area contributed by atoms with Crippen LogP contribution in [-0.2, 0) is 0 Å². The van der Waals surface area contributed by atoms with Crippen molar-refractivity contribution in [3.8, 4) is 0 Å². The van der Waals surface area contributed by atoms with Gasteiger partial charge in [0.15, 0.2) is 0 Å². The van der Waals surface area contributed by atoms with Gasteiger partial charge in [-0.1, -0.05) is 0 Å². The molecule has 1 unspecified atom stereocenters. The topological polar surface area (TPSA) is 38.1 Å². The molecule has 0 spiro atoms. The fourth-order valence-electron chi connectivity index (χ4n) is 1.38. The lowest BCUT2D eigenvalue weighted by Gasteiger charge is -2.12. The molecule has 0 amide bonds. The van der Waals surface area contributed by atoms with E-state index in [2.05, 4.69) is 26.2 Å². The highest BCUT2D eigenvalue weighted by atomic mass is 79.9. The molecule has 0 aliphatic heterocycles.